The van der Waals surface area contributed by atoms with Gasteiger partial charge in [0.25, 0.3) is 0 Å². The quantitative estimate of drug-likeness (QED) is 0.608. The van der Waals surface area contributed by atoms with Crippen LogP contribution in [0.15, 0.2) is 72.8 Å². The third kappa shape index (κ3) is 4.74. The minimum absolute atomic E-state index is 0.0768. The van der Waals surface area contributed by atoms with Gasteiger partial charge in [0.15, 0.2) is 0 Å². The predicted octanol–water partition coefficient (Wildman–Crippen LogP) is 4.95. The molecule has 1 amide bonds. The van der Waals surface area contributed by atoms with E-state index in [2.05, 4.69) is 10.2 Å². The summed E-state index contributed by atoms with van der Waals surface area (Å²) < 4.78 is 19.2. The van der Waals surface area contributed by atoms with Crippen LogP contribution in [0.2, 0.25) is 5.02 Å². The van der Waals surface area contributed by atoms with Crippen LogP contribution in [-0.2, 0) is 17.9 Å². The lowest BCUT2D eigenvalue weighted by atomic mass is 10.1. The maximum absolute atomic E-state index is 13.3. The number of para-hydroxylation sites is 2. The molecule has 154 valence electrons. The van der Waals surface area contributed by atoms with Crippen molar-refractivity contribution in [3.05, 3.63) is 94.8 Å². The first-order valence-electron chi connectivity index (χ1n) is 9.83. The van der Waals surface area contributed by atoms with Crippen molar-refractivity contribution in [3.63, 3.8) is 0 Å². The first-order valence-corrected chi connectivity index (χ1v) is 10.2. The summed E-state index contributed by atoms with van der Waals surface area (Å²) in [6.07, 6.45) is 0.278. The summed E-state index contributed by atoms with van der Waals surface area (Å²) in [6.45, 7) is 1.33. The molecular formula is C24H22ClFN2O2. The average Bonchev–Trinajstić information content (AvgIpc) is 2.76. The highest BCUT2D eigenvalue weighted by molar-refractivity contribution is 6.31. The summed E-state index contributed by atoms with van der Waals surface area (Å²) in [7, 11) is 0. The Morgan fingerprint density at radius 3 is 2.60 bits per heavy atom. The molecule has 0 spiro atoms. The monoisotopic (exact) mass is 424 g/mol. The summed E-state index contributed by atoms with van der Waals surface area (Å²) in [5.41, 5.74) is 2.77. The molecule has 0 aromatic heterocycles. The second-order valence-electron chi connectivity index (χ2n) is 7.26. The van der Waals surface area contributed by atoms with Crippen LogP contribution in [0.25, 0.3) is 0 Å². The molecule has 0 saturated carbocycles. The molecule has 0 unspecified atom stereocenters. The molecule has 4 rings (SSSR count). The van der Waals surface area contributed by atoms with E-state index in [1.165, 1.54) is 12.1 Å². The third-order valence-corrected chi connectivity index (χ3v) is 5.54. The van der Waals surface area contributed by atoms with E-state index in [-0.39, 0.29) is 24.2 Å². The zero-order chi connectivity index (χ0) is 20.9. The van der Waals surface area contributed by atoms with Gasteiger partial charge in [0.05, 0.1) is 18.2 Å². The van der Waals surface area contributed by atoms with Crippen molar-refractivity contribution in [3.8, 4) is 5.75 Å². The molecule has 0 fully saturated rings. The fourth-order valence-corrected chi connectivity index (χ4v) is 3.78. The molecule has 4 nitrogen and oxygen atoms in total. The fourth-order valence-electron chi connectivity index (χ4n) is 3.58. The number of nitrogens with one attached hydrogen (secondary N) is 1. The van der Waals surface area contributed by atoms with Crippen molar-refractivity contribution in [2.24, 2.45) is 0 Å². The van der Waals surface area contributed by atoms with E-state index in [0.717, 1.165) is 22.6 Å². The minimum atomic E-state index is -0.267. The normalized spacial score (nSPS) is 15.3. The molecule has 3 aromatic carbocycles. The number of hydrogen-bond donors (Lipinski definition) is 1. The molecule has 0 saturated heterocycles. The van der Waals surface area contributed by atoms with Crippen molar-refractivity contribution < 1.29 is 13.9 Å². The van der Waals surface area contributed by atoms with Crippen molar-refractivity contribution in [2.75, 3.05) is 11.5 Å². The zero-order valence-corrected chi connectivity index (χ0v) is 17.1. The molecule has 0 bridgehead atoms. The maximum Gasteiger partial charge on any atom is 0.222 e. The van der Waals surface area contributed by atoms with Gasteiger partial charge >= 0.3 is 0 Å². The molecule has 1 aliphatic heterocycles. The lowest BCUT2D eigenvalue weighted by molar-refractivity contribution is -0.121. The van der Waals surface area contributed by atoms with Crippen LogP contribution < -0.4 is 15.0 Å². The van der Waals surface area contributed by atoms with E-state index in [4.69, 9.17) is 16.3 Å². The van der Waals surface area contributed by atoms with Crippen LogP contribution in [0.5, 0.6) is 5.75 Å². The molecule has 3 aromatic rings. The summed E-state index contributed by atoms with van der Waals surface area (Å²) >= 11 is 6.17. The second-order valence-corrected chi connectivity index (χ2v) is 7.67. The lowest BCUT2D eigenvalue weighted by Gasteiger charge is -2.38. The topological polar surface area (TPSA) is 41.6 Å². The Labute approximate surface area is 180 Å². The van der Waals surface area contributed by atoms with E-state index < -0.39 is 0 Å². The molecule has 1 atom stereocenters. The Morgan fingerprint density at radius 2 is 1.80 bits per heavy atom. The van der Waals surface area contributed by atoms with Crippen molar-refractivity contribution >= 4 is 23.2 Å². The molecule has 0 radical (unpaired) electrons. The number of rotatable bonds is 6. The van der Waals surface area contributed by atoms with Crippen LogP contribution in [0.4, 0.5) is 10.1 Å². The van der Waals surface area contributed by atoms with Gasteiger partial charge in [0.1, 0.15) is 18.2 Å². The summed E-state index contributed by atoms with van der Waals surface area (Å²) in [6, 6.07) is 21.5. The molecule has 0 aliphatic carbocycles. The van der Waals surface area contributed by atoms with Gasteiger partial charge in [-0.2, -0.15) is 0 Å². The number of anilines is 1. The van der Waals surface area contributed by atoms with Crippen LogP contribution in [0.3, 0.4) is 0 Å². The zero-order valence-electron chi connectivity index (χ0n) is 16.4. The minimum Gasteiger partial charge on any atom is -0.489 e. The Hall–Kier alpha value is -3.05. The van der Waals surface area contributed by atoms with Crippen LogP contribution in [0, 0.1) is 5.82 Å². The van der Waals surface area contributed by atoms with Gasteiger partial charge in [-0.25, -0.2) is 4.39 Å². The molecular weight excluding hydrogens is 403 g/mol. The summed E-state index contributed by atoms with van der Waals surface area (Å²) in [5, 5.41) is 3.58. The highest BCUT2D eigenvalue weighted by Gasteiger charge is 2.29. The van der Waals surface area contributed by atoms with E-state index in [0.29, 0.717) is 24.7 Å². The van der Waals surface area contributed by atoms with Gasteiger partial charge < -0.3 is 15.0 Å². The number of halogens is 2. The molecule has 6 heteroatoms. The SMILES string of the molecule is O=C(C[C@@H]1COc2ccccc2N1Cc1ccc(F)cc1)NCc1ccccc1Cl. The van der Waals surface area contributed by atoms with E-state index in [9.17, 15) is 9.18 Å². The van der Waals surface area contributed by atoms with Crippen molar-refractivity contribution in [1.82, 2.24) is 5.32 Å². The van der Waals surface area contributed by atoms with Gasteiger partial charge in [-0.15, -0.1) is 0 Å². The number of carbonyl (C=O) groups is 1. The number of ether oxygens (including phenoxy) is 1. The number of carbonyl (C=O) groups excluding carboxylic acids is 1. The Bertz CT molecular complexity index is 1030. The highest BCUT2D eigenvalue weighted by Crippen LogP contribution is 2.35. The average molecular weight is 425 g/mol. The third-order valence-electron chi connectivity index (χ3n) is 5.17. The predicted molar refractivity (Wildman–Crippen MR) is 116 cm³/mol. The smallest absolute Gasteiger partial charge is 0.222 e. The first kappa shape index (κ1) is 20.2. The van der Waals surface area contributed by atoms with Gasteiger partial charge in [-0.3, -0.25) is 4.79 Å². The van der Waals surface area contributed by atoms with E-state index in [1.807, 2.05) is 42.5 Å². The number of benzene rings is 3. The Morgan fingerprint density at radius 1 is 1.07 bits per heavy atom. The summed E-state index contributed by atoms with van der Waals surface area (Å²) in [4.78, 5) is 14.8. The number of fused-ring (bicyclic) bond motifs is 1. The standard InChI is InChI=1S/C24H22ClFN2O2/c25-21-6-2-1-5-18(21)14-27-24(29)13-20-16-30-23-8-4-3-7-22(23)28(20)15-17-9-11-19(26)12-10-17/h1-12,20H,13-16H2,(H,27,29)/t20-/m1/s1. The van der Waals surface area contributed by atoms with Gasteiger partial charge in [-0.05, 0) is 41.5 Å². The highest BCUT2D eigenvalue weighted by atomic mass is 35.5. The number of hydrogen-bond acceptors (Lipinski definition) is 3. The largest absolute Gasteiger partial charge is 0.489 e. The second kappa shape index (κ2) is 9.18. The first-order chi connectivity index (χ1) is 14.6. The fraction of sp³-hybridized carbons (Fsp3) is 0.208. The number of nitrogens with zero attached hydrogens (tertiary/aromatic N) is 1. The van der Waals surface area contributed by atoms with Gasteiger partial charge in [0, 0.05) is 18.1 Å². The van der Waals surface area contributed by atoms with E-state index >= 15 is 0 Å². The van der Waals surface area contributed by atoms with Gasteiger partial charge in [0.2, 0.25) is 5.91 Å². The maximum atomic E-state index is 13.3. The molecule has 1 N–H and O–H groups in total. The van der Waals surface area contributed by atoms with Crippen LogP contribution >= 0.6 is 11.6 Å². The Kier molecular flexibility index (Phi) is 6.19. The van der Waals surface area contributed by atoms with Crippen LogP contribution in [0.1, 0.15) is 17.5 Å². The molecule has 30 heavy (non-hydrogen) atoms. The van der Waals surface area contributed by atoms with Gasteiger partial charge in [-0.1, -0.05) is 54.1 Å². The van der Waals surface area contributed by atoms with E-state index in [1.54, 1.807) is 18.2 Å². The molecule has 1 heterocycles. The molecule has 1 aliphatic rings. The number of amides is 1. The Balaban J connectivity index is 1.48. The van der Waals surface area contributed by atoms with Crippen molar-refractivity contribution in [2.45, 2.75) is 25.6 Å². The van der Waals surface area contributed by atoms with Crippen LogP contribution in [-0.4, -0.2) is 18.6 Å². The van der Waals surface area contributed by atoms with Crippen molar-refractivity contribution in [1.29, 1.82) is 0 Å². The lowest BCUT2D eigenvalue weighted by Crippen LogP contribution is -2.45. The summed E-state index contributed by atoms with van der Waals surface area (Å²) in [5.74, 6) is 0.441.